The number of hydrogen-bond donors (Lipinski definition) is 3. The van der Waals surface area contributed by atoms with Gasteiger partial charge in [0.1, 0.15) is 5.82 Å². The van der Waals surface area contributed by atoms with Crippen LogP contribution in [-0.2, 0) is 11.2 Å². The average Bonchev–Trinajstić information content (AvgIpc) is 2.95. The monoisotopic (exact) mass is 607 g/mol. The smallest absolute Gasteiger partial charge is 0.319 e. The van der Waals surface area contributed by atoms with Crippen molar-refractivity contribution in [2.75, 3.05) is 44.6 Å². The van der Waals surface area contributed by atoms with Gasteiger partial charge in [0, 0.05) is 61.0 Å². The third-order valence-corrected chi connectivity index (χ3v) is 8.49. The minimum Gasteiger partial charge on any atom is -0.353 e. The molecule has 9 nitrogen and oxygen atoms in total. The molecule has 10 heteroatoms. The third kappa shape index (κ3) is 9.95. The first-order chi connectivity index (χ1) is 20.9. The minimum atomic E-state index is -0.394. The van der Waals surface area contributed by atoms with E-state index >= 15 is 0 Å². The van der Waals surface area contributed by atoms with Gasteiger partial charge in [0.05, 0.1) is 6.54 Å². The third-order valence-electron chi connectivity index (χ3n) is 8.49. The Morgan fingerprint density at radius 2 is 1.59 bits per heavy atom. The van der Waals surface area contributed by atoms with E-state index in [0.29, 0.717) is 48.8 Å². The number of carbonyl (C=O) groups is 4. The number of carbonyl (C=O) groups excluding carboxylic acids is 4. The van der Waals surface area contributed by atoms with Crippen molar-refractivity contribution < 1.29 is 23.6 Å². The minimum absolute atomic E-state index is 0.00753. The number of anilines is 1. The largest absolute Gasteiger partial charge is 0.353 e. The van der Waals surface area contributed by atoms with E-state index in [0.717, 1.165) is 44.5 Å². The molecule has 0 unspecified atom stereocenters. The van der Waals surface area contributed by atoms with Crippen LogP contribution in [0.15, 0.2) is 42.5 Å². The van der Waals surface area contributed by atoms with Gasteiger partial charge in [-0.15, -0.1) is 0 Å². The fraction of sp³-hybridized carbons (Fsp3) is 0.529. The molecule has 0 bridgehead atoms. The molecule has 0 aliphatic carbocycles. The van der Waals surface area contributed by atoms with E-state index in [9.17, 15) is 23.6 Å². The first-order valence-corrected chi connectivity index (χ1v) is 15.7. The highest BCUT2D eigenvalue weighted by molar-refractivity contribution is 6.02. The van der Waals surface area contributed by atoms with E-state index < -0.39 is 6.03 Å². The van der Waals surface area contributed by atoms with Crippen molar-refractivity contribution in [2.45, 2.75) is 65.5 Å². The van der Waals surface area contributed by atoms with Gasteiger partial charge in [-0.3, -0.25) is 19.3 Å². The second-order valence-corrected chi connectivity index (χ2v) is 12.7. The maximum Gasteiger partial charge on any atom is 0.319 e. The first-order valence-electron chi connectivity index (χ1n) is 15.7. The number of amides is 3. The Morgan fingerprint density at radius 3 is 2.23 bits per heavy atom. The molecular formula is C34H46FN5O4. The van der Waals surface area contributed by atoms with Gasteiger partial charge in [-0.1, -0.05) is 12.1 Å². The average molecular weight is 608 g/mol. The van der Waals surface area contributed by atoms with Crippen LogP contribution in [0.5, 0.6) is 0 Å². The molecule has 2 aliphatic rings. The molecule has 2 aromatic carbocycles. The van der Waals surface area contributed by atoms with Crippen LogP contribution in [0, 0.1) is 17.7 Å². The van der Waals surface area contributed by atoms with Crippen LogP contribution in [0.2, 0.25) is 0 Å². The quantitative estimate of drug-likeness (QED) is 0.324. The van der Waals surface area contributed by atoms with E-state index in [1.54, 1.807) is 12.1 Å². The Balaban J connectivity index is 1.44. The molecule has 0 saturated carbocycles. The molecule has 3 atom stereocenters. The van der Waals surface area contributed by atoms with Gasteiger partial charge >= 0.3 is 6.03 Å². The molecule has 0 spiro atoms. The lowest BCUT2D eigenvalue weighted by Crippen LogP contribution is -2.56. The summed E-state index contributed by atoms with van der Waals surface area (Å²) in [7, 11) is 0. The maximum atomic E-state index is 13.4. The number of halogens is 1. The summed E-state index contributed by atoms with van der Waals surface area (Å²) in [5.41, 5.74) is 2.24. The van der Waals surface area contributed by atoms with Gasteiger partial charge in [-0.05, 0) is 102 Å². The van der Waals surface area contributed by atoms with E-state index in [4.69, 9.17) is 0 Å². The van der Waals surface area contributed by atoms with Crippen molar-refractivity contribution in [1.29, 1.82) is 0 Å². The maximum absolute atomic E-state index is 13.4. The number of urea groups is 1. The molecule has 0 aromatic heterocycles. The molecule has 2 aromatic rings. The lowest BCUT2D eigenvalue weighted by Gasteiger charge is -2.42. The van der Waals surface area contributed by atoms with Gasteiger partial charge < -0.3 is 20.9 Å². The Morgan fingerprint density at radius 1 is 0.909 bits per heavy atom. The lowest BCUT2D eigenvalue weighted by atomic mass is 9.88. The summed E-state index contributed by atoms with van der Waals surface area (Å²) in [6, 6.07) is 11.0. The highest BCUT2D eigenvalue weighted by atomic mass is 19.1. The number of likely N-dealkylation sites (tertiary alicyclic amines) is 2. The Bertz CT molecular complexity index is 1300. The highest BCUT2D eigenvalue weighted by Crippen LogP contribution is 2.25. The van der Waals surface area contributed by atoms with Crippen molar-refractivity contribution >= 4 is 29.2 Å². The van der Waals surface area contributed by atoms with Crippen molar-refractivity contribution in [1.82, 2.24) is 20.4 Å². The summed E-state index contributed by atoms with van der Waals surface area (Å²) in [6.07, 6.45) is 3.77. The van der Waals surface area contributed by atoms with Crippen molar-refractivity contribution in [3.05, 3.63) is 65.0 Å². The number of benzene rings is 2. The number of nitrogens with one attached hydrogen (secondary N) is 3. The lowest BCUT2D eigenvalue weighted by molar-refractivity contribution is -0.123. The molecule has 2 heterocycles. The fourth-order valence-corrected chi connectivity index (χ4v) is 6.41. The van der Waals surface area contributed by atoms with Crippen LogP contribution in [0.4, 0.5) is 14.9 Å². The molecule has 3 N–H and O–H groups in total. The molecule has 44 heavy (non-hydrogen) atoms. The molecule has 2 fully saturated rings. The van der Waals surface area contributed by atoms with E-state index in [1.807, 2.05) is 26.0 Å². The van der Waals surface area contributed by atoms with E-state index in [-0.39, 0.29) is 41.3 Å². The molecule has 2 saturated heterocycles. The normalized spacial score (nSPS) is 21.1. The number of rotatable bonds is 11. The summed E-state index contributed by atoms with van der Waals surface area (Å²) in [4.78, 5) is 54.4. The van der Waals surface area contributed by atoms with Crippen LogP contribution in [0.25, 0.3) is 0 Å². The number of piperidine rings is 2. The topological polar surface area (TPSA) is 111 Å². The zero-order chi connectivity index (χ0) is 31.8. The summed E-state index contributed by atoms with van der Waals surface area (Å²) in [5.74, 6) is -0.0653. The van der Waals surface area contributed by atoms with Gasteiger partial charge in [-0.2, -0.15) is 0 Å². The summed E-state index contributed by atoms with van der Waals surface area (Å²) in [5, 5.41) is 8.96. The van der Waals surface area contributed by atoms with E-state index in [1.165, 1.54) is 32.0 Å². The summed E-state index contributed by atoms with van der Waals surface area (Å²) in [6.45, 7) is 11.1. The Labute approximate surface area is 259 Å². The van der Waals surface area contributed by atoms with E-state index in [2.05, 4.69) is 25.8 Å². The molecule has 238 valence electrons. The van der Waals surface area contributed by atoms with Crippen LogP contribution in [0.1, 0.15) is 73.2 Å². The second-order valence-electron chi connectivity index (χ2n) is 12.7. The van der Waals surface area contributed by atoms with Crippen LogP contribution < -0.4 is 16.0 Å². The SMILES string of the molecule is CC(=O)c1cc(NC(=O)N[C@@H]2CCN(CC(=O)NC(C)C)C[C@@H]2CN2CCC[C@@H](Cc3ccc(F)cc3)C2)cc(C(C)=O)c1. The van der Waals surface area contributed by atoms with Gasteiger partial charge in [-0.25, -0.2) is 9.18 Å². The summed E-state index contributed by atoms with van der Waals surface area (Å²) < 4.78 is 13.4. The molecule has 3 amide bonds. The molecule has 4 rings (SSSR count). The zero-order valence-electron chi connectivity index (χ0n) is 26.3. The zero-order valence-corrected chi connectivity index (χ0v) is 26.3. The predicted molar refractivity (Wildman–Crippen MR) is 169 cm³/mol. The number of hydrogen-bond acceptors (Lipinski definition) is 6. The molecule has 2 aliphatic heterocycles. The van der Waals surface area contributed by atoms with Gasteiger partial charge in [0.2, 0.25) is 5.91 Å². The Hall–Kier alpha value is -3.63. The van der Waals surface area contributed by atoms with Crippen molar-refractivity contribution in [3.8, 4) is 0 Å². The number of nitrogens with zero attached hydrogens (tertiary/aromatic N) is 2. The predicted octanol–water partition coefficient (Wildman–Crippen LogP) is 4.52. The summed E-state index contributed by atoms with van der Waals surface area (Å²) >= 11 is 0. The second kappa shape index (κ2) is 15.4. The highest BCUT2D eigenvalue weighted by Gasteiger charge is 2.34. The van der Waals surface area contributed by atoms with Crippen molar-refractivity contribution in [2.24, 2.45) is 11.8 Å². The van der Waals surface area contributed by atoms with Gasteiger partial charge in [0.15, 0.2) is 11.6 Å². The van der Waals surface area contributed by atoms with Crippen molar-refractivity contribution in [3.63, 3.8) is 0 Å². The fourth-order valence-electron chi connectivity index (χ4n) is 6.41. The van der Waals surface area contributed by atoms with Crippen LogP contribution in [-0.4, -0.2) is 84.7 Å². The molecule has 0 radical (unpaired) electrons. The van der Waals surface area contributed by atoms with Crippen LogP contribution >= 0.6 is 0 Å². The first kappa shape index (κ1) is 33.3. The standard InChI is InChI=1S/C34H46FN5O4/c1-22(2)36-33(43)21-40-13-11-32(38-34(44)37-31-16-27(23(3)41)15-28(17-31)24(4)42)29(20-40)19-39-12-5-6-26(18-39)14-25-7-9-30(35)10-8-25/h7-10,15-17,22,26,29,32H,5-6,11-14,18-21H2,1-4H3,(H,36,43)(H2,37,38,44)/t26-,29-,32+/m0/s1. The number of ketones is 2. The number of Topliss-reactive ketones (excluding diaryl/α,β-unsaturated/α-hetero) is 2. The van der Waals surface area contributed by atoms with Gasteiger partial charge in [0.25, 0.3) is 0 Å². The Kier molecular flexibility index (Phi) is 11.6. The van der Waals surface area contributed by atoms with Crippen LogP contribution in [0.3, 0.4) is 0 Å². The molecular weight excluding hydrogens is 561 g/mol.